The Balaban J connectivity index is 0.000000882. The maximum Gasteiger partial charge on any atom is 0.0150 e. The molecule has 3 aliphatic carbocycles. The summed E-state index contributed by atoms with van der Waals surface area (Å²) in [5.74, 6) is 0. The van der Waals surface area contributed by atoms with Gasteiger partial charge in [-0.1, -0.05) is 73.2 Å². The van der Waals surface area contributed by atoms with Gasteiger partial charge in [-0.05, 0) is 41.2 Å². The van der Waals surface area contributed by atoms with E-state index >= 15 is 0 Å². The molecule has 1 atom stereocenters. The molecule has 0 aromatic heterocycles. The molecule has 23 heavy (non-hydrogen) atoms. The van der Waals surface area contributed by atoms with Crippen LogP contribution in [0.5, 0.6) is 0 Å². The van der Waals surface area contributed by atoms with E-state index in [2.05, 4.69) is 73.7 Å². The van der Waals surface area contributed by atoms with Crippen molar-refractivity contribution in [1.82, 2.24) is 0 Å². The van der Waals surface area contributed by atoms with Gasteiger partial charge in [-0.3, -0.25) is 0 Å². The summed E-state index contributed by atoms with van der Waals surface area (Å²) in [4.78, 5) is 0. The molecule has 1 unspecified atom stereocenters. The van der Waals surface area contributed by atoms with Gasteiger partial charge in [0, 0.05) is 31.6 Å². The van der Waals surface area contributed by atoms with Gasteiger partial charge in [0.1, 0.15) is 0 Å². The minimum atomic E-state index is 0. The number of fused-ring (bicyclic) bond motifs is 3. The van der Waals surface area contributed by atoms with Crippen molar-refractivity contribution in [3.63, 3.8) is 0 Å². The number of hydrogen-bond donors (Lipinski definition) is 0. The van der Waals surface area contributed by atoms with Crippen LogP contribution in [0.15, 0.2) is 71.9 Å². The summed E-state index contributed by atoms with van der Waals surface area (Å²) in [6.07, 6.45) is 18.2. The van der Waals surface area contributed by atoms with E-state index in [-0.39, 0.29) is 56.4 Å². The molecular weight excluding hydrogens is 402 g/mol. The van der Waals surface area contributed by atoms with Crippen LogP contribution < -0.4 is 0 Å². The normalized spacial score (nSPS) is 22.6. The molecule has 0 saturated carbocycles. The second kappa shape index (κ2) is 7.97. The van der Waals surface area contributed by atoms with E-state index in [0.29, 0.717) is 0 Å². The van der Waals surface area contributed by atoms with E-state index in [1.165, 1.54) is 27.8 Å². The van der Waals surface area contributed by atoms with Crippen molar-refractivity contribution in [3.8, 4) is 0 Å². The Labute approximate surface area is 170 Å². The molecule has 0 amide bonds. The summed E-state index contributed by atoms with van der Waals surface area (Å²) in [5.41, 5.74) is 7.31. The van der Waals surface area contributed by atoms with Gasteiger partial charge in [0.2, 0.25) is 0 Å². The first-order valence-corrected chi connectivity index (χ1v) is 7.32. The third-order valence-corrected chi connectivity index (χ3v) is 4.63. The molecule has 118 valence electrons. The van der Waals surface area contributed by atoms with Crippen LogP contribution in [0.4, 0.5) is 0 Å². The van der Waals surface area contributed by atoms with Crippen molar-refractivity contribution >= 4 is 36.5 Å². The molecule has 0 saturated heterocycles. The minimum Gasteiger partial charge on any atom is -0.147 e. The summed E-state index contributed by atoms with van der Waals surface area (Å²) in [7, 11) is 0. The van der Waals surface area contributed by atoms with Gasteiger partial charge in [0.05, 0.1) is 0 Å². The first kappa shape index (κ1) is 20.4. The van der Waals surface area contributed by atoms with Crippen molar-refractivity contribution in [2.24, 2.45) is 5.41 Å². The molecular formula is C20H20Cl2Zr. The minimum absolute atomic E-state index is 0. The van der Waals surface area contributed by atoms with Crippen LogP contribution in [0.25, 0.3) is 11.6 Å². The maximum atomic E-state index is 2.38. The van der Waals surface area contributed by atoms with Crippen molar-refractivity contribution < 1.29 is 26.2 Å². The number of allylic oxidation sites excluding steroid dienone is 9. The van der Waals surface area contributed by atoms with E-state index < -0.39 is 0 Å². The van der Waals surface area contributed by atoms with E-state index in [9.17, 15) is 0 Å². The molecule has 0 heterocycles. The molecule has 3 aliphatic rings. The zero-order chi connectivity index (χ0) is 13.6. The molecule has 0 nitrogen and oxygen atoms in total. The molecule has 0 spiro atoms. The first-order chi connectivity index (χ1) is 9.76. The van der Waals surface area contributed by atoms with E-state index in [1.54, 1.807) is 0 Å². The summed E-state index contributed by atoms with van der Waals surface area (Å²) in [6.45, 7) is 2.37. The Morgan fingerprint density at radius 1 is 1.04 bits per heavy atom. The molecule has 4 rings (SSSR count). The fourth-order valence-corrected chi connectivity index (χ4v) is 3.59. The van der Waals surface area contributed by atoms with Crippen molar-refractivity contribution in [1.29, 1.82) is 0 Å². The Bertz CT molecular complexity index is 738. The van der Waals surface area contributed by atoms with Crippen LogP contribution in [0.2, 0.25) is 0 Å². The molecule has 0 radical (unpaired) electrons. The van der Waals surface area contributed by atoms with Crippen LogP contribution in [0, 0.1) is 5.41 Å². The summed E-state index contributed by atoms with van der Waals surface area (Å²) in [6, 6.07) is 8.72. The summed E-state index contributed by atoms with van der Waals surface area (Å²) in [5, 5.41) is 0. The number of benzene rings is 1. The fraction of sp³-hybridized carbons (Fsp3) is 0.200. The average molecular weight is 423 g/mol. The van der Waals surface area contributed by atoms with Gasteiger partial charge in [0.15, 0.2) is 0 Å². The topological polar surface area (TPSA) is 0 Å². The second-order valence-electron chi connectivity index (χ2n) is 6.14. The largest absolute Gasteiger partial charge is 0.147 e. The van der Waals surface area contributed by atoms with Gasteiger partial charge in [0.25, 0.3) is 0 Å². The Morgan fingerprint density at radius 3 is 2.57 bits per heavy atom. The Kier molecular flexibility index (Phi) is 7.08. The molecule has 1 aromatic carbocycles. The number of halogens is 2. The zero-order valence-corrected chi connectivity index (χ0v) is 17.2. The predicted octanol–water partition coefficient (Wildman–Crippen LogP) is 6.16. The van der Waals surface area contributed by atoms with Crippen molar-refractivity contribution in [2.45, 2.75) is 19.8 Å². The van der Waals surface area contributed by atoms with Crippen LogP contribution >= 0.6 is 24.8 Å². The van der Waals surface area contributed by atoms with Gasteiger partial charge in [-0.15, -0.1) is 24.8 Å². The predicted molar refractivity (Wildman–Crippen MR) is 101 cm³/mol. The molecule has 3 heteroatoms. The molecule has 0 fully saturated rings. The van der Waals surface area contributed by atoms with Crippen LogP contribution in [0.1, 0.15) is 30.9 Å². The van der Waals surface area contributed by atoms with Crippen LogP contribution in [0.3, 0.4) is 0 Å². The summed E-state index contributed by atoms with van der Waals surface area (Å²) < 4.78 is 0. The van der Waals surface area contributed by atoms with E-state index in [0.717, 1.165) is 12.8 Å². The third kappa shape index (κ3) is 3.58. The monoisotopic (exact) mass is 420 g/mol. The third-order valence-electron chi connectivity index (χ3n) is 4.63. The standard InChI is InChI=1S/C20H18.2ClH.Zr/c1-20(14-15-7-2-3-8-15)12-6-11-18-17-10-5-4-9-16(17)13-19(18)20;;;/h2-7,9-13H,8,14H2,1H3;2*1H;. The van der Waals surface area contributed by atoms with Crippen molar-refractivity contribution in [2.75, 3.05) is 0 Å². The van der Waals surface area contributed by atoms with Crippen molar-refractivity contribution in [3.05, 3.63) is 83.0 Å². The molecule has 0 aliphatic heterocycles. The second-order valence-corrected chi connectivity index (χ2v) is 6.14. The molecule has 0 N–H and O–H groups in total. The zero-order valence-electron chi connectivity index (χ0n) is 13.1. The van der Waals surface area contributed by atoms with Gasteiger partial charge in [-0.25, -0.2) is 0 Å². The molecule has 1 aromatic rings. The van der Waals surface area contributed by atoms with E-state index in [1.807, 2.05) is 0 Å². The average Bonchev–Trinajstić information content (AvgIpc) is 3.07. The first-order valence-electron chi connectivity index (χ1n) is 7.32. The van der Waals surface area contributed by atoms with Crippen LogP contribution in [-0.4, -0.2) is 0 Å². The Hall–Kier alpha value is -0.617. The van der Waals surface area contributed by atoms with Gasteiger partial charge in [-0.2, -0.15) is 0 Å². The fourth-order valence-electron chi connectivity index (χ4n) is 3.59. The smallest absolute Gasteiger partial charge is 0.0150 e. The number of rotatable bonds is 2. The number of hydrogen-bond acceptors (Lipinski definition) is 0. The summed E-state index contributed by atoms with van der Waals surface area (Å²) >= 11 is 0. The quantitative estimate of drug-likeness (QED) is 0.535. The SMILES string of the molecule is CC1(CC2=CC=CC2)C=CC=C2C1=Cc1ccccc12.Cl.Cl.[Zr]. The van der Waals surface area contributed by atoms with Gasteiger partial charge >= 0.3 is 0 Å². The Morgan fingerprint density at radius 2 is 1.83 bits per heavy atom. The van der Waals surface area contributed by atoms with Gasteiger partial charge < -0.3 is 0 Å². The molecule has 0 bridgehead atoms. The van der Waals surface area contributed by atoms with Crippen LogP contribution in [-0.2, 0) is 26.2 Å². The van der Waals surface area contributed by atoms with E-state index in [4.69, 9.17) is 0 Å². The maximum absolute atomic E-state index is 2.38.